The molecule has 1 atom stereocenters. The summed E-state index contributed by atoms with van der Waals surface area (Å²) >= 11 is 5.23. The van der Waals surface area contributed by atoms with Gasteiger partial charge in [-0.1, -0.05) is 42.0 Å². The van der Waals surface area contributed by atoms with Gasteiger partial charge in [-0.3, -0.25) is 4.90 Å². The second-order valence-electron chi connectivity index (χ2n) is 4.50. The minimum atomic E-state index is 0.0766. The molecule has 1 heterocycles. The topological polar surface area (TPSA) is 41.3 Å². The summed E-state index contributed by atoms with van der Waals surface area (Å²) in [6.45, 7) is 6.09. The van der Waals surface area contributed by atoms with Crippen molar-refractivity contribution < 1.29 is 0 Å². The molecule has 0 saturated carbocycles. The van der Waals surface area contributed by atoms with E-state index in [0.29, 0.717) is 4.99 Å². The van der Waals surface area contributed by atoms with Gasteiger partial charge in [0.1, 0.15) is 0 Å². The van der Waals surface area contributed by atoms with E-state index in [-0.39, 0.29) is 6.04 Å². The fourth-order valence-corrected chi connectivity index (χ4v) is 2.53. The third kappa shape index (κ3) is 3.03. The largest absolute Gasteiger partial charge is 0.392 e. The second kappa shape index (κ2) is 5.58. The predicted molar refractivity (Wildman–Crippen MR) is 75.1 cm³/mol. The van der Waals surface area contributed by atoms with E-state index in [1.54, 1.807) is 0 Å². The molecule has 1 aromatic rings. The number of nitrogens with zero attached hydrogens (tertiary/aromatic N) is 1. The minimum Gasteiger partial charge on any atom is -0.392 e. The van der Waals surface area contributed by atoms with Gasteiger partial charge in [-0.25, -0.2) is 0 Å². The van der Waals surface area contributed by atoms with Crippen LogP contribution in [0.1, 0.15) is 17.2 Å². The summed E-state index contributed by atoms with van der Waals surface area (Å²) in [6, 6.07) is 8.56. The molecule has 3 nitrogen and oxygen atoms in total. The highest BCUT2D eigenvalue weighted by molar-refractivity contribution is 7.80. The average molecular weight is 249 g/mol. The van der Waals surface area contributed by atoms with Gasteiger partial charge in [-0.05, 0) is 12.5 Å². The van der Waals surface area contributed by atoms with Gasteiger partial charge in [0.05, 0.1) is 11.0 Å². The first kappa shape index (κ1) is 12.5. The summed E-state index contributed by atoms with van der Waals surface area (Å²) in [5.41, 5.74) is 8.37. The number of piperazine rings is 1. The Morgan fingerprint density at radius 1 is 1.29 bits per heavy atom. The van der Waals surface area contributed by atoms with Gasteiger partial charge in [0.2, 0.25) is 0 Å². The van der Waals surface area contributed by atoms with Crippen LogP contribution >= 0.6 is 12.2 Å². The molecule has 1 aliphatic rings. The lowest BCUT2D eigenvalue weighted by molar-refractivity contribution is 0.215. The zero-order valence-electron chi connectivity index (χ0n) is 10.1. The highest BCUT2D eigenvalue weighted by Gasteiger charge is 2.24. The quantitative estimate of drug-likeness (QED) is 0.791. The number of nitrogens with one attached hydrogen (secondary N) is 1. The summed E-state index contributed by atoms with van der Waals surface area (Å²) < 4.78 is 0. The number of thiocarbonyl (C=S) groups is 1. The molecular formula is C13H19N3S. The van der Waals surface area contributed by atoms with Crippen LogP contribution in [0.2, 0.25) is 0 Å². The number of hydrogen-bond acceptors (Lipinski definition) is 3. The molecule has 4 heteroatoms. The highest BCUT2D eigenvalue weighted by Crippen LogP contribution is 2.21. The molecule has 1 aromatic carbocycles. The van der Waals surface area contributed by atoms with Crippen LogP contribution in [-0.4, -0.2) is 36.1 Å². The molecule has 0 amide bonds. The van der Waals surface area contributed by atoms with E-state index >= 15 is 0 Å². The average Bonchev–Trinajstić information content (AvgIpc) is 2.33. The van der Waals surface area contributed by atoms with Crippen molar-refractivity contribution in [2.24, 2.45) is 5.73 Å². The molecule has 0 spiro atoms. The van der Waals surface area contributed by atoms with Crippen molar-refractivity contribution in [1.29, 1.82) is 0 Å². The Balaban J connectivity index is 2.21. The van der Waals surface area contributed by atoms with Crippen LogP contribution in [0.4, 0.5) is 0 Å². The minimum absolute atomic E-state index is 0.0766. The molecule has 1 saturated heterocycles. The maximum atomic E-state index is 5.91. The van der Waals surface area contributed by atoms with Gasteiger partial charge < -0.3 is 11.1 Å². The number of benzene rings is 1. The number of nitrogens with two attached hydrogens (primary N) is 1. The Labute approximate surface area is 108 Å². The smallest absolute Gasteiger partial charge is 0.0948 e. The maximum Gasteiger partial charge on any atom is 0.0948 e. The monoisotopic (exact) mass is 249 g/mol. The Morgan fingerprint density at radius 3 is 2.41 bits per heavy atom. The highest BCUT2D eigenvalue weighted by atomic mass is 32.1. The molecule has 92 valence electrons. The Morgan fingerprint density at radius 2 is 1.88 bits per heavy atom. The first-order valence-electron chi connectivity index (χ1n) is 5.99. The first-order valence-corrected chi connectivity index (χ1v) is 6.40. The Kier molecular flexibility index (Phi) is 4.10. The predicted octanol–water partition coefficient (Wildman–Crippen LogP) is 1.23. The van der Waals surface area contributed by atoms with Crippen LogP contribution in [0.5, 0.6) is 0 Å². The van der Waals surface area contributed by atoms with Crippen LogP contribution in [0, 0.1) is 6.92 Å². The standard InChI is InChI=1S/C13H19N3S/c1-10-2-4-11(5-3-10)12(13(14)17)16-8-6-15-7-9-16/h2-5,12,15H,6-9H2,1H3,(H2,14,17). The molecule has 0 bridgehead atoms. The van der Waals surface area contributed by atoms with E-state index in [0.717, 1.165) is 26.2 Å². The maximum absolute atomic E-state index is 5.91. The molecular weight excluding hydrogens is 230 g/mol. The number of aryl methyl sites for hydroxylation is 1. The normalized spacial score (nSPS) is 18.9. The zero-order valence-corrected chi connectivity index (χ0v) is 11.0. The fraction of sp³-hybridized carbons (Fsp3) is 0.462. The fourth-order valence-electron chi connectivity index (χ4n) is 2.24. The van der Waals surface area contributed by atoms with Crippen molar-refractivity contribution in [2.75, 3.05) is 26.2 Å². The van der Waals surface area contributed by atoms with Gasteiger partial charge in [0, 0.05) is 26.2 Å². The van der Waals surface area contributed by atoms with E-state index in [2.05, 4.69) is 41.4 Å². The summed E-state index contributed by atoms with van der Waals surface area (Å²) in [6.07, 6.45) is 0. The van der Waals surface area contributed by atoms with Crippen molar-refractivity contribution in [1.82, 2.24) is 10.2 Å². The van der Waals surface area contributed by atoms with Crippen LogP contribution in [0.25, 0.3) is 0 Å². The number of hydrogen-bond donors (Lipinski definition) is 2. The molecule has 1 unspecified atom stereocenters. The van der Waals surface area contributed by atoms with Gasteiger partial charge in [0.15, 0.2) is 0 Å². The van der Waals surface area contributed by atoms with Crippen LogP contribution in [0.15, 0.2) is 24.3 Å². The van der Waals surface area contributed by atoms with Gasteiger partial charge >= 0.3 is 0 Å². The van der Waals surface area contributed by atoms with Crippen LogP contribution < -0.4 is 11.1 Å². The van der Waals surface area contributed by atoms with Crippen molar-refractivity contribution >= 4 is 17.2 Å². The Bertz CT molecular complexity index is 382. The van der Waals surface area contributed by atoms with Crippen molar-refractivity contribution in [3.63, 3.8) is 0 Å². The lowest BCUT2D eigenvalue weighted by atomic mass is 10.0. The summed E-state index contributed by atoms with van der Waals surface area (Å²) in [7, 11) is 0. The molecule has 1 aliphatic heterocycles. The van der Waals surface area contributed by atoms with E-state index in [1.807, 2.05) is 0 Å². The molecule has 0 aromatic heterocycles. The molecule has 3 N–H and O–H groups in total. The molecule has 2 rings (SSSR count). The van der Waals surface area contributed by atoms with Gasteiger partial charge in [0.25, 0.3) is 0 Å². The van der Waals surface area contributed by atoms with Crippen molar-refractivity contribution in [2.45, 2.75) is 13.0 Å². The summed E-state index contributed by atoms with van der Waals surface area (Å²) in [5.74, 6) is 0. The third-order valence-corrected chi connectivity index (χ3v) is 3.40. The lowest BCUT2D eigenvalue weighted by Gasteiger charge is -2.34. The van der Waals surface area contributed by atoms with Crippen LogP contribution in [-0.2, 0) is 0 Å². The Hall–Kier alpha value is -0.970. The molecule has 0 aliphatic carbocycles. The van der Waals surface area contributed by atoms with E-state index in [1.165, 1.54) is 11.1 Å². The van der Waals surface area contributed by atoms with Crippen molar-refractivity contribution in [3.8, 4) is 0 Å². The summed E-state index contributed by atoms with van der Waals surface area (Å²) in [4.78, 5) is 2.92. The molecule has 17 heavy (non-hydrogen) atoms. The van der Waals surface area contributed by atoms with E-state index in [9.17, 15) is 0 Å². The number of rotatable bonds is 3. The van der Waals surface area contributed by atoms with Gasteiger partial charge in [-0.15, -0.1) is 0 Å². The SMILES string of the molecule is Cc1ccc(C(C(N)=S)N2CCNCC2)cc1. The first-order chi connectivity index (χ1) is 8.18. The van der Waals surface area contributed by atoms with E-state index < -0.39 is 0 Å². The summed E-state index contributed by atoms with van der Waals surface area (Å²) in [5, 5.41) is 3.34. The van der Waals surface area contributed by atoms with Crippen molar-refractivity contribution in [3.05, 3.63) is 35.4 Å². The van der Waals surface area contributed by atoms with Crippen LogP contribution in [0.3, 0.4) is 0 Å². The van der Waals surface area contributed by atoms with Gasteiger partial charge in [-0.2, -0.15) is 0 Å². The lowest BCUT2D eigenvalue weighted by Crippen LogP contribution is -2.48. The molecule has 0 radical (unpaired) electrons. The third-order valence-electron chi connectivity index (χ3n) is 3.18. The molecule has 1 fully saturated rings. The zero-order chi connectivity index (χ0) is 12.3. The van der Waals surface area contributed by atoms with E-state index in [4.69, 9.17) is 18.0 Å². The second-order valence-corrected chi connectivity index (χ2v) is 4.97.